The molecule has 1 atom stereocenters. The molecule has 104 valence electrons. The van der Waals surface area contributed by atoms with E-state index in [2.05, 4.69) is 10.1 Å². The van der Waals surface area contributed by atoms with Crippen molar-refractivity contribution in [2.45, 2.75) is 18.7 Å². The van der Waals surface area contributed by atoms with Crippen molar-refractivity contribution < 1.29 is 14.3 Å². The Bertz CT molecular complexity index is 449. The van der Waals surface area contributed by atoms with Crippen molar-refractivity contribution in [3.05, 3.63) is 29.8 Å². The van der Waals surface area contributed by atoms with E-state index >= 15 is 0 Å². The molecule has 1 amide bonds. The lowest BCUT2D eigenvalue weighted by molar-refractivity contribution is -0.137. The van der Waals surface area contributed by atoms with Gasteiger partial charge in [-0.25, -0.2) is 0 Å². The van der Waals surface area contributed by atoms with Crippen LogP contribution in [0.25, 0.3) is 0 Å². The molecule has 0 radical (unpaired) electrons. The number of thioether (sulfide) groups is 1. The van der Waals surface area contributed by atoms with Crippen LogP contribution >= 0.6 is 11.8 Å². The third-order valence-electron chi connectivity index (χ3n) is 2.32. The summed E-state index contributed by atoms with van der Waals surface area (Å²) in [5, 5.41) is 2.73. The zero-order valence-electron chi connectivity index (χ0n) is 11.0. The van der Waals surface area contributed by atoms with Crippen LogP contribution in [0.1, 0.15) is 12.5 Å². The number of esters is 1. The highest BCUT2D eigenvalue weighted by Gasteiger charge is 2.07. The largest absolute Gasteiger partial charge is 0.468 e. The number of amides is 1. The Hall–Kier alpha value is -1.53. The van der Waals surface area contributed by atoms with E-state index in [-0.39, 0.29) is 11.9 Å². The van der Waals surface area contributed by atoms with Crippen LogP contribution in [0.3, 0.4) is 0 Å². The van der Waals surface area contributed by atoms with Crippen LogP contribution in [0.4, 0.5) is 5.69 Å². The van der Waals surface area contributed by atoms with Gasteiger partial charge < -0.3 is 15.8 Å². The second-order valence-electron chi connectivity index (χ2n) is 4.05. The second kappa shape index (κ2) is 7.81. The molecule has 0 aliphatic rings. The lowest BCUT2D eigenvalue weighted by atomic mass is 10.2. The van der Waals surface area contributed by atoms with Crippen LogP contribution < -0.4 is 11.1 Å². The summed E-state index contributed by atoms with van der Waals surface area (Å²) in [6, 6.07) is 6.91. The summed E-state index contributed by atoms with van der Waals surface area (Å²) in [5.74, 6) is 0.523. The first-order valence-electron chi connectivity index (χ1n) is 5.83. The van der Waals surface area contributed by atoms with Gasteiger partial charge in [0.15, 0.2) is 0 Å². The predicted octanol–water partition coefficient (Wildman–Crippen LogP) is 1.38. The molecular formula is C13H18N2O3S. The van der Waals surface area contributed by atoms with E-state index in [1.807, 2.05) is 18.2 Å². The number of ether oxygens (including phenoxy) is 1. The van der Waals surface area contributed by atoms with E-state index in [0.717, 1.165) is 5.56 Å². The van der Waals surface area contributed by atoms with E-state index in [0.29, 0.717) is 17.2 Å². The molecule has 0 aliphatic heterocycles. The van der Waals surface area contributed by atoms with Gasteiger partial charge in [0.05, 0.1) is 18.9 Å². The number of hydrogen-bond donors (Lipinski definition) is 2. The lowest BCUT2D eigenvalue weighted by Crippen LogP contribution is -2.32. The number of carbonyl (C=O) groups is 2. The highest BCUT2D eigenvalue weighted by atomic mass is 32.2. The molecule has 5 nitrogen and oxygen atoms in total. The molecule has 0 aliphatic carbocycles. The molecule has 0 spiro atoms. The molecule has 1 rings (SSSR count). The molecule has 3 N–H and O–H groups in total. The van der Waals surface area contributed by atoms with Gasteiger partial charge in [0.25, 0.3) is 0 Å². The highest BCUT2D eigenvalue weighted by Crippen LogP contribution is 2.16. The van der Waals surface area contributed by atoms with Gasteiger partial charge >= 0.3 is 5.97 Å². The molecule has 0 heterocycles. The summed E-state index contributed by atoms with van der Waals surface area (Å²) in [7, 11) is 1.37. The number of benzene rings is 1. The molecule has 1 aromatic carbocycles. The van der Waals surface area contributed by atoms with Crippen molar-refractivity contribution in [2.24, 2.45) is 5.73 Å². The minimum atomic E-state index is -0.544. The molecule has 0 fully saturated rings. The number of nitrogens with two attached hydrogens (primary N) is 1. The number of nitrogens with one attached hydrogen (secondary N) is 1. The first-order chi connectivity index (χ1) is 9.02. The molecular weight excluding hydrogens is 264 g/mol. The fourth-order valence-electron chi connectivity index (χ4n) is 1.31. The van der Waals surface area contributed by atoms with E-state index in [9.17, 15) is 9.59 Å². The van der Waals surface area contributed by atoms with Gasteiger partial charge in [0, 0.05) is 11.4 Å². The Morgan fingerprint density at radius 3 is 2.84 bits per heavy atom. The van der Waals surface area contributed by atoms with Crippen molar-refractivity contribution in [3.63, 3.8) is 0 Å². The summed E-state index contributed by atoms with van der Waals surface area (Å²) in [6.45, 7) is 1.63. The summed E-state index contributed by atoms with van der Waals surface area (Å²) >= 11 is 1.46. The average Bonchev–Trinajstić information content (AvgIpc) is 2.38. The van der Waals surface area contributed by atoms with E-state index in [1.165, 1.54) is 18.9 Å². The third kappa shape index (κ3) is 5.76. The third-order valence-corrected chi connectivity index (χ3v) is 3.30. The zero-order chi connectivity index (χ0) is 14.3. The van der Waals surface area contributed by atoms with Crippen LogP contribution in [-0.4, -0.2) is 30.8 Å². The fourth-order valence-corrected chi connectivity index (χ4v) is 2.11. The van der Waals surface area contributed by atoms with Crippen LogP contribution in [0.5, 0.6) is 0 Å². The Balaban J connectivity index is 2.52. The van der Waals surface area contributed by atoms with Crippen LogP contribution in [0.15, 0.2) is 24.3 Å². The van der Waals surface area contributed by atoms with Crippen molar-refractivity contribution >= 4 is 29.3 Å². The minimum Gasteiger partial charge on any atom is -0.468 e. The topological polar surface area (TPSA) is 81.4 Å². The second-order valence-corrected chi connectivity index (χ2v) is 5.03. The summed E-state index contributed by atoms with van der Waals surface area (Å²) in [4.78, 5) is 22.4. The van der Waals surface area contributed by atoms with Gasteiger partial charge in [-0.05, 0) is 24.6 Å². The smallest absolute Gasteiger partial charge is 0.315 e. The molecule has 0 saturated heterocycles. The van der Waals surface area contributed by atoms with Crippen LogP contribution in [0.2, 0.25) is 0 Å². The van der Waals surface area contributed by atoms with E-state index in [1.54, 1.807) is 13.0 Å². The summed E-state index contributed by atoms with van der Waals surface area (Å²) < 4.78 is 4.56. The standard InChI is InChI=1S/C13H18N2O3S/c1-9(14)13(17)15-11-5-3-4-10(6-11)7-19-8-12(16)18-2/h3-6,9H,7-8,14H2,1-2H3,(H,15,17)/t9-/m0/s1. The SMILES string of the molecule is COC(=O)CSCc1cccc(NC(=O)[C@H](C)N)c1. The zero-order valence-corrected chi connectivity index (χ0v) is 11.8. The van der Waals surface area contributed by atoms with Gasteiger partial charge in [0.2, 0.25) is 5.91 Å². The van der Waals surface area contributed by atoms with Crippen molar-refractivity contribution in [1.82, 2.24) is 0 Å². The maximum atomic E-state index is 11.5. The first kappa shape index (κ1) is 15.5. The van der Waals surface area contributed by atoms with Gasteiger partial charge in [-0.15, -0.1) is 11.8 Å². The summed E-state index contributed by atoms with van der Waals surface area (Å²) in [5.41, 5.74) is 7.21. The minimum absolute atomic E-state index is 0.223. The monoisotopic (exact) mass is 282 g/mol. The number of carbonyl (C=O) groups excluding carboxylic acids is 2. The van der Waals surface area contributed by atoms with Gasteiger partial charge in [-0.2, -0.15) is 0 Å². The first-order valence-corrected chi connectivity index (χ1v) is 6.98. The van der Waals surface area contributed by atoms with Gasteiger partial charge in [-0.1, -0.05) is 12.1 Å². The predicted molar refractivity (Wildman–Crippen MR) is 76.9 cm³/mol. The van der Waals surface area contributed by atoms with Crippen molar-refractivity contribution in [2.75, 3.05) is 18.2 Å². The quantitative estimate of drug-likeness (QED) is 0.770. The maximum absolute atomic E-state index is 11.5. The molecule has 0 unspecified atom stereocenters. The van der Waals surface area contributed by atoms with Crippen molar-refractivity contribution in [1.29, 1.82) is 0 Å². The number of methoxy groups -OCH3 is 1. The Morgan fingerprint density at radius 1 is 1.47 bits per heavy atom. The Morgan fingerprint density at radius 2 is 2.21 bits per heavy atom. The fraction of sp³-hybridized carbons (Fsp3) is 0.385. The Kier molecular flexibility index (Phi) is 6.38. The molecule has 19 heavy (non-hydrogen) atoms. The average molecular weight is 282 g/mol. The number of rotatable bonds is 6. The molecule has 0 aromatic heterocycles. The molecule has 0 saturated carbocycles. The number of hydrogen-bond acceptors (Lipinski definition) is 5. The van der Waals surface area contributed by atoms with Gasteiger partial charge in [0.1, 0.15) is 0 Å². The van der Waals surface area contributed by atoms with Crippen molar-refractivity contribution in [3.8, 4) is 0 Å². The summed E-state index contributed by atoms with van der Waals surface area (Å²) in [6.07, 6.45) is 0. The number of anilines is 1. The molecule has 1 aromatic rings. The molecule has 0 bridgehead atoms. The normalized spacial score (nSPS) is 11.7. The van der Waals surface area contributed by atoms with Crippen LogP contribution in [-0.2, 0) is 20.1 Å². The van der Waals surface area contributed by atoms with Gasteiger partial charge in [-0.3, -0.25) is 9.59 Å². The van der Waals surface area contributed by atoms with E-state index in [4.69, 9.17) is 5.73 Å². The van der Waals surface area contributed by atoms with Crippen LogP contribution in [0, 0.1) is 0 Å². The maximum Gasteiger partial charge on any atom is 0.315 e. The van der Waals surface area contributed by atoms with E-state index < -0.39 is 6.04 Å². The lowest BCUT2D eigenvalue weighted by Gasteiger charge is -2.09. The highest BCUT2D eigenvalue weighted by molar-refractivity contribution is 7.99. The Labute approximate surface area is 116 Å². The molecule has 6 heteroatoms.